The number of furan rings is 1. The SMILES string of the molecule is N#CCCN(Cc1ccco1)C(=O)Cn1cc(N)cn1. The molecule has 2 heterocycles. The minimum absolute atomic E-state index is 0.0866. The van der Waals surface area contributed by atoms with Crippen molar-refractivity contribution in [2.75, 3.05) is 12.3 Å². The van der Waals surface area contributed by atoms with E-state index in [4.69, 9.17) is 15.4 Å². The summed E-state index contributed by atoms with van der Waals surface area (Å²) in [6.45, 7) is 0.778. The van der Waals surface area contributed by atoms with Gasteiger partial charge in [0.15, 0.2) is 0 Å². The summed E-state index contributed by atoms with van der Waals surface area (Å²) in [7, 11) is 0. The van der Waals surface area contributed by atoms with Crippen molar-refractivity contribution in [3.05, 3.63) is 36.5 Å². The minimum atomic E-state index is -0.139. The maximum Gasteiger partial charge on any atom is 0.244 e. The molecule has 7 nitrogen and oxygen atoms in total. The molecule has 2 rings (SSSR count). The van der Waals surface area contributed by atoms with Crippen molar-refractivity contribution in [2.45, 2.75) is 19.5 Å². The summed E-state index contributed by atoms with van der Waals surface area (Å²) in [6.07, 6.45) is 4.90. The summed E-state index contributed by atoms with van der Waals surface area (Å²) >= 11 is 0. The van der Waals surface area contributed by atoms with E-state index in [2.05, 4.69) is 5.10 Å². The van der Waals surface area contributed by atoms with Gasteiger partial charge in [-0.3, -0.25) is 9.48 Å². The molecule has 0 saturated carbocycles. The largest absolute Gasteiger partial charge is 0.467 e. The highest BCUT2D eigenvalue weighted by atomic mass is 16.3. The molecule has 1 amide bonds. The number of nitriles is 1. The van der Waals surface area contributed by atoms with Gasteiger partial charge in [0.1, 0.15) is 12.3 Å². The molecule has 0 aliphatic carbocycles. The molecule has 0 fully saturated rings. The van der Waals surface area contributed by atoms with Gasteiger partial charge in [-0.05, 0) is 12.1 Å². The second-order valence-corrected chi connectivity index (χ2v) is 4.27. The Balaban J connectivity index is 2.01. The third kappa shape index (κ3) is 3.62. The van der Waals surface area contributed by atoms with E-state index in [1.807, 2.05) is 6.07 Å². The molecule has 104 valence electrons. The van der Waals surface area contributed by atoms with Crippen molar-refractivity contribution in [3.8, 4) is 6.07 Å². The molecule has 2 N–H and O–H groups in total. The Bertz CT molecular complexity index is 597. The van der Waals surface area contributed by atoms with Gasteiger partial charge in [0.05, 0.1) is 37.2 Å². The van der Waals surface area contributed by atoms with E-state index in [1.165, 1.54) is 10.9 Å². The predicted octanol–water partition coefficient (Wildman–Crippen LogP) is 1.00. The number of nitrogen functional groups attached to an aromatic ring is 1. The van der Waals surface area contributed by atoms with Gasteiger partial charge < -0.3 is 15.1 Å². The van der Waals surface area contributed by atoms with E-state index >= 15 is 0 Å². The van der Waals surface area contributed by atoms with Gasteiger partial charge in [0, 0.05) is 12.7 Å². The maximum atomic E-state index is 12.2. The van der Waals surface area contributed by atoms with Crippen molar-refractivity contribution >= 4 is 11.6 Å². The van der Waals surface area contributed by atoms with Crippen LogP contribution in [0.3, 0.4) is 0 Å². The number of hydrogen-bond acceptors (Lipinski definition) is 5. The molecule has 0 bridgehead atoms. The van der Waals surface area contributed by atoms with Crippen LogP contribution >= 0.6 is 0 Å². The van der Waals surface area contributed by atoms with Gasteiger partial charge in [0.25, 0.3) is 0 Å². The molecule has 0 aliphatic rings. The fourth-order valence-electron chi connectivity index (χ4n) is 1.77. The zero-order valence-electron chi connectivity index (χ0n) is 10.9. The van der Waals surface area contributed by atoms with Crippen LogP contribution < -0.4 is 5.73 Å². The van der Waals surface area contributed by atoms with Crippen LogP contribution in [-0.4, -0.2) is 27.1 Å². The Hall–Kier alpha value is -2.75. The van der Waals surface area contributed by atoms with Crippen LogP contribution in [0.25, 0.3) is 0 Å². The normalized spacial score (nSPS) is 10.2. The number of carbonyl (C=O) groups excluding carboxylic acids is 1. The van der Waals surface area contributed by atoms with Crippen LogP contribution in [0.4, 0.5) is 5.69 Å². The first kappa shape index (κ1) is 13.7. The lowest BCUT2D eigenvalue weighted by Crippen LogP contribution is -2.34. The molecule has 0 radical (unpaired) electrons. The molecule has 0 aromatic carbocycles. The molecule has 2 aromatic rings. The number of nitrogens with two attached hydrogens (primary N) is 1. The summed E-state index contributed by atoms with van der Waals surface area (Å²) < 4.78 is 6.70. The minimum Gasteiger partial charge on any atom is -0.467 e. The number of hydrogen-bond donors (Lipinski definition) is 1. The van der Waals surface area contributed by atoms with Crippen LogP contribution in [0.2, 0.25) is 0 Å². The Morgan fingerprint density at radius 1 is 1.60 bits per heavy atom. The number of rotatable bonds is 6. The van der Waals surface area contributed by atoms with Crippen LogP contribution in [0.5, 0.6) is 0 Å². The molecule has 0 atom stereocenters. The monoisotopic (exact) mass is 273 g/mol. The number of amides is 1. The van der Waals surface area contributed by atoms with Gasteiger partial charge in [-0.2, -0.15) is 10.4 Å². The second kappa shape index (κ2) is 6.43. The molecular weight excluding hydrogens is 258 g/mol. The smallest absolute Gasteiger partial charge is 0.244 e. The zero-order valence-corrected chi connectivity index (χ0v) is 10.9. The average Bonchev–Trinajstić information content (AvgIpc) is 3.06. The Morgan fingerprint density at radius 3 is 3.05 bits per heavy atom. The predicted molar refractivity (Wildman–Crippen MR) is 71.0 cm³/mol. The zero-order chi connectivity index (χ0) is 14.4. The summed E-state index contributed by atoms with van der Waals surface area (Å²) in [5, 5.41) is 12.6. The molecular formula is C13H15N5O2. The number of aromatic nitrogens is 2. The highest BCUT2D eigenvalue weighted by Crippen LogP contribution is 2.08. The summed E-state index contributed by atoms with van der Waals surface area (Å²) in [6, 6.07) is 5.58. The third-order valence-corrected chi connectivity index (χ3v) is 2.72. The average molecular weight is 273 g/mol. The van der Waals surface area contributed by atoms with Gasteiger partial charge in [-0.1, -0.05) is 0 Å². The van der Waals surface area contributed by atoms with E-state index in [9.17, 15) is 4.79 Å². The molecule has 0 saturated heterocycles. The second-order valence-electron chi connectivity index (χ2n) is 4.27. The topological polar surface area (TPSA) is 101 Å². The van der Waals surface area contributed by atoms with Gasteiger partial charge in [-0.15, -0.1) is 0 Å². The third-order valence-electron chi connectivity index (χ3n) is 2.72. The standard InChI is InChI=1S/C13H15N5O2/c14-4-2-5-17(9-12-3-1-6-20-12)13(19)10-18-8-11(15)7-16-18/h1,3,6-8H,2,5,9-10,15H2. The van der Waals surface area contributed by atoms with Gasteiger partial charge in [-0.25, -0.2) is 0 Å². The fourth-order valence-corrected chi connectivity index (χ4v) is 1.77. The van der Waals surface area contributed by atoms with E-state index in [1.54, 1.807) is 29.5 Å². The van der Waals surface area contributed by atoms with Crippen molar-refractivity contribution in [3.63, 3.8) is 0 Å². The summed E-state index contributed by atoms with van der Waals surface area (Å²) in [4.78, 5) is 13.8. The molecule has 0 unspecified atom stereocenters. The molecule has 0 spiro atoms. The van der Waals surface area contributed by atoms with E-state index in [0.29, 0.717) is 24.5 Å². The highest BCUT2D eigenvalue weighted by Gasteiger charge is 2.16. The fraction of sp³-hybridized carbons (Fsp3) is 0.308. The van der Waals surface area contributed by atoms with Crippen LogP contribution in [-0.2, 0) is 17.9 Å². The lowest BCUT2D eigenvalue weighted by Gasteiger charge is -2.20. The molecule has 7 heteroatoms. The molecule has 20 heavy (non-hydrogen) atoms. The Labute approximate surface area is 116 Å². The number of nitrogens with zero attached hydrogens (tertiary/aromatic N) is 4. The van der Waals surface area contributed by atoms with Crippen molar-refractivity contribution in [2.24, 2.45) is 0 Å². The number of anilines is 1. The lowest BCUT2D eigenvalue weighted by molar-refractivity contribution is -0.132. The summed E-state index contributed by atoms with van der Waals surface area (Å²) in [5.41, 5.74) is 6.06. The Kier molecular flexibility index (Phi) is 4.39. The molecule has 0 aliphatic heterocycles. The van der Waals surface area contributed by atoms with Crippen LogP contribution in [0.15, 0.2) is 35.2 Å². The quantitative estimate of drug-likeness (QED) is 0.846. The van der Waals surface area contributed by atoms with E-state index < -0.39 is 0 Å². The first-order valence-corrected chi connectivity index (χ1v) is 6.14. The lowest BCUT2D eigenvalue weighted by atomic mass is 10.3. The van der Waals surface area contributed by atoms with Crippen molar-refractivity contribution in [1.29, 1.82) is 5.26 Å². The number of carbonyl (C=O) groups is 1. The van der Waals surface area contributed by atoms with Crippen molar-refractivity contribution < 1.29 is 9.21 Å². The van der Waals surface area contributed by atoms with E-state index in [0.717, 1.165) is 0 Å². The Morgan fingerprint density at radius 2 is 2.45 bits per heavy atom. The molecule has 2 aromatic heterocycles. The van der Waals surface area contributed by atoms with Gasteiger partial charge in [0.2, 0.25) is 5.91 Å². The van der Waals surface area contributed by atoms with Gasteiger partial charge >= 0.3 is 0 Å². The van der Waals surface area contributed by atoms with E-state index in [-0.39, 0.29) is 18.9 Å². The first-order chi connectivity index (χ1) is 9.69. The first-order valence-electron chi connectivity index (χ1n) is 6.14. The maximum absolute atomic E-state index is 12.2. The van der Waals surface area contributed by atoms with Crippen LogP contribution in [0, 0.1) is 11.3 Å². The van der Waals surface area contributed by atoms with Crippen molar-refractivity contribution in [1.82, 2.24) is 14.7 Å². The highest BCUT2D eigenvalue weighted by molar-refractivity contribution is 5.76. The summed E-state index contributed by atoms with van der Waals surface area (Å²) in [5.74, 6) is 0.538. The van der Waals surface area contributed by atoms with Crippen LogP contribution in [0.1, 0.15) is 12.2 Å².